The first-order valence-corrected chi connectivity index (χ1v) is 6.58. The van der Waals surface area contributed by atoms with E-state index in [0.29, 0.717) is 18.4 Å². The number of carbonyl (C=O) groups excluding carboxylic acids is 1. The van der Waals surface area contributed by atoms with Gasteiger partial charge < -0.3 is 0 Å². The highest BCUT2D eigenvalue weighted by molar-refractivity contribution is 6.03. The van der Waals surface area contributed by atoms with Crippen LogP contribution in [0.15, 0.2) is 24.3 Å². The van der Waals surface area contributed by atoms with Crippen molar-refractivity contribution in [1.29, 1.82) is 0 Å². The highest BCUT2D eigenvalue weighted by Crippen LogP contribution is 2.31. The molecular weight excluding hydrogens is 267 g/mol. The number of nitrogens with zero attached hydrogens (tertiary/aromatic N) is 1. The Hall–Kier alpha value is -1.36. The first-order chi connectivity index (χ1) is 9.19. The van der Waals surface area contributed by atoms with Gasteiger partial charge in [0.1, 0.15) is 0 Å². The number of halogens is 3. The number of ketones is 1. The Morgan fingerprint density at radius 2 is 1.50 bits per heavy atom. The predicted molar refractivity (Wildman–Crippen MR) is 72.8 cm³/mol. The summed E-state index contributed by atoms with van der Waals surface area (Å²) in [5.41, 5.74) is -1.09. The third-order valence-electron chi connectivity index (χ3n) is 3.92. The largest absolute Gasteiger partial charge is 0.416 e. The lowest BCUT2D eigenvalue weighted by Gasteiger charge is -2.37. The molecule has 0 radical (unpaired) electrons. The summed E-state index contributed by atoms with van der Waals surface area (Å²) in [4.78, 5) is 14.4. The molecule has 0 saturated heterocycles. The third-order valence-corrected chi connectivity index (χ3v) is 3.92. The van der Waals surface area contributed by atoms with Gasteiger partial charge in [0.05, 0.1) is 11.1 Å². The van der Waals surface area contributed by atoms with Crippen molar-refractivity contribution < 1.29 is 18.0 Å². The van der Waals surface area contributed by atoms with Crippen molar-refractivity contribution in [2.45, 2.75) is 38.4 Å². The fourth-order valence-electron chi connectivity index (χ4n) is 2.49. The van der Waals surface area contributed by atoms with Gasteiger partial charge in [0, 0.05) is 5.56 Å². The smallest absolute Gasteiger partial charge is 0.297 e. The second-order valence-corrected chi connectivity index (χ2v) is 5.04. The van der Waals surface area contributed by atoms with Gasteiger partial charge in [-0.2, -0.15) is 13.2 Å². The summed E-state index contributed by atoms with van der Waals surface area (Å²) in [5, 5.41) is 0. The van der Waals surface area contributed by atoms with Crippen LogP contribution in [0.2, 0.25) is 0 Å². The molecule has 0 saturated carbocycles. The standard InChI is InChI=1S/C15H20F3NO/c1-5-14(6-2,19(3)4)13(20)11-7-9-12(10-8-11)15(16,17)18/h7-10H,5-6H2,1-4H3. The van der Waals surface area contributed by atoms with Gasteiger partial charge in [-0.15, -0.1) is 0 Å². The van der Waals surface area contributed by atoms with Crippen molar-refractivity contribution in [3.63, 3.8) is 0 Å². The first kappa shape index (κ1) is 16.7. The van der Waals surface area contributed by atoms with Crippen molar-refractivity contribution in [2.75, 3.05) is 14.1 Å². The van der Waals surface area contributed by atoms with Crippen LogP contribution in [0.1, 0.15) is 42.6 Å². The molecule has 0 amide bonds. The summed E-state index contributed by atoms with van der Waals surface area (Å²) in [6, 6.07) is 4.43. The summed E-state index contributed by atoms with van der Waals surface area (Å²) in [5.74, 6) is -0.138. The summed E-state index contributed by atoms with van der Waals surface area (Å²) in [7, 11) is 3.63. The Kier molecular flexibility index (Phi) is 4.97. The number of likely N-dealkylation sites (N-methyl/N-ethyl adjacent to an activating group) is 1. The first-order valence-electron chi connectivity index (χ1n) is 6.58. The number of Topliss-reactive ketones (excluding diaryl/α,β-unsaturated/α-hetero) is 1. The lowest BCUT2D eigenvalue weighted by molar-refractivity contribution is -0.137. The molecule has 0 N–H and O–H groups in total. The van der Waals surface area contributed by atoms with E-state index in [9.17, 15) is 18.0 Å². The average Bonchev–Trinajstić information content (AvgIpc) is 2.39. The molecule has 1 aromatic carbocycles. The molecule has 0 aliphatic carbocycles. The molecule has 2 nitrogen and oxygen atoms in total. The molecule has 1 rings (SSSR count). The number of alkyl halides is 3. The normalized spacial score (nSPS) is 12.8. The zero-order chi connectivity index (χ0) is 15.6. The summed E-state index contributed by atoms with van der Waals surface area (Å²) in [6.07, 6.45) is -3.16. The Balaban J connectivity index is 3.14. The zero-order valence-electron chi connectivity index (χ0n) is 12.2. The van der Waals surface area contributed by atoms with Crippen LogP contribution in [0.3, 0.4) is 0 Å². The van der Waals surface area contributed by atoms with Gasteiger partial charge in [0.15, 0.2) is 5.78 Å². The van der Waals surface area contributed by atoms with E-state index in [1.165, 1.54) is 12.1 Å². The van der Waals surface area contributed by atoms with E-state index < -0.39 is 17.3 Å². The van der Waals surface area contributed by atoms with Gasteiger partial charge in [0.25, 0.3) is 0 Å². The number of benzene rings is 1. The molecule has 1 aromatic rings. The molecule has 0 bridgehead atoms. The Labute approximate surface area is 117 Å². The predicted octanol–water partition coefficient (Wildman–Crippen LogP) is 4.01. The highest BCUT2D eigenvalue weighted by Gasteiger charge is 2.38. The zero-order valence-corrected chi connectivity index (χ0v) is 12.2. The number of rotatable bonds is 5. The summed E-state index contributed by atoms with van der Waals surface area (Å²) in [6.45, 7) is 3.82. The molecule has 0 aliphatic rings. The fraction of sp³-hybridized carbons (Fsp3) is 0.533. The van der Waals surface area contributed by atoms with Crippen LogP contribution in [0.5, 0.6) is 0 Å². The lowest BCUT2D eigenvalue weighted by atomic mass is 9.83. The van der Waals surface area contributed by atoms with E-state index in [-0.39, 0.29) is 5.78 Å². The molecule has 20 heavy (non-hydrogen) atoms. The van der Waals surface area contributed by atoms with Crippen molar-refractivity contribution in [3.05, 3.63) is 35.4 Å². The number of hydrogen-bond donors (Lipinski definition) is 0. The van der Waals surface area contributed by atoms with Crippen molar-refractivity contribution >= 4 is 5.78 Å². The maximum absolute atomic E-state index is 12.6. The molecule has 112 valence electrons. The molecular formula is C15H20F3NO. The van der Waals surface area contributed by atoms with E-state index >= 15 is 0 Å². The van der Waals surface area contributed by atoms with Crippen molar-refractivity contribution in [2.24, 2.45) is 0 Å². The molecule has 0 unspecified atom stereocenters. The third kappa shape index (κ3) is 3.03. The SMILES string of the molecule is CCC(CC)(C(=O)c1ccc(C(F)(F)F)cc1)N(C)C. The second kappa shape index (κ2) is 5.95. The van der Waals surface area contributed by atoms with Gasteiger partial charge >= 0.3 is 6.18 Å². The van der Waals surface area contributed by atoms with Gasteiger partial charge in [-0.1, -0.05) is 26.0 Å². The minimum absolute atomic E-state index is 0.138. The maximum Gasteiger partial charge on any atom is 0.416 e. The minimum atomic E-state index is -4.38. The van der Waals surface area contributed by atoms with Crippen molar-refractivity contribution in [3.8, 4) is 0 Å². The van der Waals surface area contributed by atoms with Crippen LogP contribution in [0.4, 0.5) is 13.2 Å². The van der Waals surface area contributed by atoms with Crippen LogP contribution >= 0.6 is 0 Å². The van der Waals surface area contributed by atoms with Gasteiger partial charge in [-0.25, -0.2) is 0 Å². The summed E-state index contributed by atoms with van der Waals surface area (Å²) < 4.78 is 37.6. The van der Waals surface area contributed by atoms with E-state index in [4.69, 9.17) is 0 Å². The Morgan fingerprint density at radius 1 is 1.05 bits per heavy atom. The number of hydrogen-bond acceptors (Lipinski definition) is 2. The molecule has 0 aromatic heterocycles. The monoisotopic (exact) mass is 287 g/mol. The molecule has 5 heteroatoms. The van der Waals surface area contributed by atoms with Crippen LogP contribution in [0, 0.1) is 0 Å². The van der Waals surface area contributed by atoms with Crippen molar-refractivity contribution in [1.82, 2.24) is 4.90 Å². The van der Waals surface area contributed by atoms with Gasteiger partial charge in [-0.05, 0) is 39.1 Å². The number of carbonyl (C=O) groups is 1. The van der Waals surface area contributed by atoms with E-state index in [2.05, 4.69) is 0 Å². The maximum atomic E-state index is 12.6. The Morgan fingerprint density at radius 3 is 1.80 bits per heavy atom. The molecule has 0 aliphatic heterocycles. The minimum Gasteiger partial charge on any atom is -0.297 e. The summed E-state index contributed by atoms with van der Waals surface area (Å²) >= 11 is 0. The topological polar surface area (TPSA) is 20.3 Å². The lowest BCUT2D eigenvalue weighted by Crippen LogP contribution is -2.50. The fourth-order valence-corrected chi connectivity index (χ4v) is 2.49. The van der Waals surface area contributed by atoms with E-state index in [1.807, 2.05) is 32.8 Å². The Bertz CT molecular complexity index is 459. The van der Waals surface area contributed by atoms with Crippen LogP contribution < -0.4 is 0 Å². The van der Waals surface area contributed by atoms with Crippen LogP contribution in [-0.4, -0.2) is 30.3 Å². The van der Waals surface area contributed by atoms with Gasteiger partial charge in [-0.3, -0.25) is 9.69 Å². The van der Waals surface area contributed by atoms with Gasteiger partial charge in [0.2, 0.25) is 0 Å². The molecule has 0 atom stereocenters. The molecule has 0 fully saturated rings. The average molecular weight is 287 g/mol. The van der Waals surface area contributed by atoms with Crippen LogP contribution in [-0.2, 0) is 6.18 Å². The van der Waals surface area contributed by atoms with E-state index in [0.717, 1.165) is 12.1 Å². The quantitative estimate of drug-likeness (QED) is 0.763. The second-order valence-electron chi connectivity index (χ2n) is 5.04. The van der Waals surface area contributed by atoms with E-state index in [1.54, 1.807) is 0 Å². The molecule has 0 spiro atoms. The molecule has 0 heterocycles. The van der Waals surface area contributed by atoms with Crippen LogP contribution in [0.25, 0.3) is 0 Å². The highest BCUT2D eigenvalue weighted by atomic mass is 19.4.